The third-order valence-electron chi connectivity index (χ3n) is 2.03. The number of rotatable bonds is 2. The molecule has 0 amide bonds. The Hall–Kier alpha value is -1.53. The molecule has 1 heterocycles. The van der Waals surface area contributed by atoms with Crippen molar-refractivity contribution in [3.63, 3.8) is 0 Å². The van der Waals surface area contributed by atoms with Crippen molar-refractivity contribution in [2.45, 2.75) is 0 Å². The Morgan fingerprint density at radius 3 is 2.69 bits per heavy atom. The molecule has 0 saturated heterocycles. The maximum atomic E-state index is 13.4. The summed E-state index contributed by atoms with van der Waals surface area (Å²) >= 11 is 3.09. The van der Waals surface area contributed by atoms with Crippen LogP contribution in [0.3, 0.4) is 0 Å². The summed E-state index contributed by atoms with van der Waals surface area (Å²) in [4.78, 5) is 8.10. The molecule has 0 atom stereocenters. The van der Waals surface area contributed by atoms with E-state index in [2.05, 4.69) is 31.3 Å². The fraction of sp³-hybridized carbons (Fsp3) is 0. The molecule has 6 heteroatoms. The molecule has 2 aromatic rings. The Labute approximate surface area is 99.8 Å². The first-order valence-electron chi connectivity index (χ1n) is 4.45. The zero-order chi connectivity index (χ0) is 11.5. The van der Waals surface area contributed by atoms with Gasteiger partial charge in [-0.15, -0.1) is 0 Å². The molecule has 16 heavy (non-hydrogen) atoms. The number of hydrogen-bond acceptors (Lipinski definition) is 4. The maximum absolute atomic E-state index is 13.4. The summed E-state index contributed by atoms with van der Waals surface area (Å²) in [6, 6.07) is 4.71. The minimum Gasteiger partial charge on any atom is -0.307 e. The van der Waals surface area contributed by atoms with Crippen LogP contribution in [0.5, 0.6) is 0 Å². The van der Waals surface area contributed by atoms with Gasteiger partial charge >= 0.3 is 0 Å². The van der Waals surface area contributed by atoms with Crippen molar-refractivity contribution in [2.75, 3.05) is 5.43 Å². The number of aromatic nitrogens is 2. The first kappa shape index (κ1) is 11.0. The normalized spacial score (nSPS) is 10.2. The summed E-state index contributed by atoms with van der Waals surface area (Å²) in [7, 11) is 0. The molecule has 0 radical (unpaired) electrons. The molecule has 3 N–H and O–H groups in total. The molecular weight excluding hydrogens is 275 g/mol. The van der Waals surface area contributed by atoms with Gasteiger partial charge in [0.1, 0.15) is 11.5 Å². The molecule has 0 aliphatic heterocycles. The second-order valence-corrected chi connectivity index (χ2v) is 3.88. The van der Waals surface area contributed by atoms with Crippen molar-refractivity contribution in [1.29, 1.82) is 0 Å². The molecule has 0 aliphatic carbocycles. The van der Waals surface area contributed by atoms with Gasteiger partial charge in [0.05, 0.1) is 4.47 Å². The SMILES string of the molecule is NNc1nccnc1-c1ccc(Br)c(F)c1. The zero-order valence-corrected chi connectivity index (χ0v) is 9.70. The Balaban J connectivity index is 2.54. The summed E-state index contributed by atoms with van der Waals surface area (Å²) in [5, 5.41) is 0. The van der Waals surface area contributed by atoms with E-state index in [1.807, 2.05) is 0 Å². The summed E-state index contributed by atoms with van der Waals surface area (Å²) < 4.78 is 13.8. The molecule has 0 unspecified atom stereocenters. The Morgan fingerprint density at radius 2 is 2.00 bits per heavy atom. The lowest BCUT2D eigenvalue weighted by molar-refractivity contribution is 0.621. The number of nitrogens with zero attached hydrogens (tertiary/aromatic N) is 2. The van der Waals surface area contributed by atoms with E-state index in [1.54, 1.807) is 12.1 Å². The Bertz CT molecular complexity index is 518. The quantitative estimate of drug-likeness (QED) is 0.656. The van der Waals surface area contributed by atoms with Crippen molar-refractivity contribution in [3.8, 4) is 11.3 Å². The summed E-state index contributed by atoms with van der Waals surface area (Å²) in [6.07, 6.45) is 3.03. The van der Waals surface area contributed by atoms with Gasteiger partial charge in [-0.05, 0) is 28.1 Å². The van der Waals surface area contributed by atoms with Gasteiger partial charge in [-0.1, -0.05) is 6.07 Å². The minimum absolute atomic E-state index is 0.355. The molecular formula is C10H8BrFN4. The molecule has 82 valence electrons. The summed E-state index contributed by atoms with van der Waals surface area (Å²) in [6.45, 7) is 0. The van der Waals surface area contributed by atoms with Crippen molar-refractivity contribution in [1.82, 2.24) is 9.97 Å². The van der Waals surface area contributed by atoms with Crippen LogP contribution in [0.25, 0.3) is 11.3 Å². The fourth-order valence-electron chi connectivity index (χ4n) is 1.30. The van der Waals surface area contributed by atoms with Crippen LogP contribution in [0.15, 0.2) is 35.1 Å². The van der Waals surface area contributed by atoms with Crippen LogP contribution in [0.4, 0.5) is 10.2 Å². The molecule has 0 saturated carbocycles. The van der Waals surface area contributed by atoms with Gasteiger partial charge in [0.25, 0.3) is 0 Å². The maximum Gasteiger partial charge on any atom is 0.166 e. The highest BCUT2D eigenvalue weighted by Gasteiger charge is 2.08. The number of nitrogen functional groups attached to an aromatic ring is 1. The van der Waals surface area contributed by atoms with E-state index in [1.165, 1.54) is 18.5 Å². The highest BCUT2D eigenvalue weighted by atomic mass is 79.9. The molecule has 1 aromatic heterocycles. The van der Waals surface area contributed by atoms with E-state index in [-0.39, 0.29) is 5.82 Å². The van der Waals surface area contributed by atoms with E-state index < -0.39 is 0 Å². The molecule has 0 aliphatic rings. The van der Waals surface area contributed by atoms with E-state index in [0.29, 0.717) is 21.5 Å². The molecule has 0 bridgehead atoms. The summed E-state index contributed by atoms with van der Waals surface area (Å²) in [5.74, 6) is 5.35. The van der Waals surface area contributed by atoms with Crippen molar-refractivity contribution in [2.24, 2.45) is 5.84 Å². The number of anilines is 1. The second kappa shape index (κ2) is 4.54. The standard InChI is InChI=1S/C10H8BrFN4/c11-7-2-1-6(5-8(7)12)9-10(16-13)15-4-3-14-9/h1-5H,13H2,(H,15,16). The highest BCUT2D eigenvalue weighted by Crippen LogP contribution is 2.26. The van der Waals surface area contributed by atoms with Gasteiger partial charge in [-0.2, -0.15) is 0 Å². The van der Waals surface area contributed by atoms with Crippen molar-refractivity contribution < 1.29 is 4.39 Å². The first-order valence-corrected chi connectivity index (χ1v) is 5.24. The third-order valence-corrected chi connectivity index (χ3v) is 2.67. The van der Waals surface area contributed by atoms with Crippen LogP contribution in [0.1, 0.15) is 0 Å². The first-order chi connectivity index (χ1) is 7.72. The van der Waals surface area contributed by atoms with Crippen LogP contribution in [-0.4, -0.2) is 9.97 Å². The van der Waals surface area contributed by atoms with E-state index in [4.69, 9.17) is 5.84 Å². The van der Waals surface area contributed by atoms with Crippen LogP contribution in [-0.2, 0) is 0 Å². The summed E-state index contributed by atoms with van der Waals surface area (Å²) in [5.41, 5.74) is 3.54. The monoisotopic (exact) mass is 282 g/mol. The van der Waals surface area contributed by atoms with Crippen molar-refractivity contribution >= 4 is 21.7 Å². The molecule has 1 aromatic carbocycles. The Morgan fingerprint density at radius 1 is 1.25 bits per heavy atom. The zero-order valence-electron chi connectivity index (χ0n) is 8.11. The molecule has 4 nitrogen and oxygen atoms in total. The second-order valence-electron chi connectivity index (χ2n) is 3.03. The number of nitrogens with one attached hydrogen (secondary N) is 1. The van der Waals surface area contributed by atoms with Gasteiger partial charge in [0, 0.05) is 18.0 Å². The van der Waals surface area contributed by atoms with Gasteiger partial charge in [-0.3, -0.25) is 4.98 Å². The van der Waals surface area contributed by atoms with Crippen LogP contribution in [0.2, 0.25) is 0 Å². The number of hydrazine groups is 1. The highest BCUT2D eigenvalue weighted by molar-refractivity contribution is 9.10. The predicted octanol–water partition coefficient (Wildman–Crippen LogP) is 2.33. The van der Waals surface area contributed by atoms with E-state index in [0.717, 1.165) is 0 Å². The topological polar surface area (TPSA) is 63.8 Å². The number of halogens is 2. The van der Waals surface area contributed by atoms with E-state index in [9.17, 15) is 4.39 Å². The van der Waals surface area contributed by atoms with Crippen LogP contribution < -0.4 is 11.3 Å². The number of nitrogens with two attached hydrogens (primary N) is 1. The lowest BCUT2D eigenvalue weighted by Crippen LogP contribution is -2.10. The molecule has 2 rings (SSSR count). The lowest BCUT2D eigenvalue weighted by Gasteiger charge is -2.06. The average molecular weight is 283 g/mol. The van der Waals surface area contributed by atoms with Crippen LogP contribution in [0, 0.1) is 5.82 Å². The van der Waals surface area contributed by atoms with Gasteiger partial charge in [0.15, 0.2) is 5.82 Å². The van der Waals surface area contributed by atoms with Gasteiger partial charge < -0.3 is 5.43 Å². The minimum atomic E-state index is -0.355. The van der Waals surface area contributed by atoms with E-state index >= 15 is 0 Å². The third kappa shape index (κ3) is 2.02. The van der Waals surface area contributed by atoms with Crippen molar-refractivity contribution in [3.05, 3.63) is 40.9 Å². The van der Waals surface area contributed by atoms with Gasteiger partial charge in [-0.25, -0.2) is 15.2 Å². The number of hydrogen-bond donors (Lipinski definition) is 2. The predicted molar refractivity (Wildman–Crippen MR) is 62.9 cm³/mol. The average Bonchev–Trinajstić information content (AvgIpc) is 2.32. The van der Waals surface area contributed by atoms with Crippen LogP contribution >= 0.6 is 15.9 Å². The number of benzene rings is 1. The fourth-order valence-corrected chi connectivity index (χ4v) is 1.54. The molecule has 0 fully saturated rings. The Kier molecular flexibility index (Phi) is 3.12. The lowest BCUT2D eigenvalue weighted by atomic mass is 10.1. The molecule has 0 spiro atoms. The smallest absolute Gasteiger partial charge is 0.166 e. The largest absolute Gasteiger partial charge is 0.307 e. The van der Waals surface area contributed by atoms with Gasteiger partial charge in [0.2, 0.25) is 0 Å².